The quantitative estimate of drug-likeness (QED) is 0.0425. The molecule has 87 heavy (non-hydrogen) atoms. The van der Waals surface area contributed by atoms with E-state index in [-0.39, 0.29) is 31.9 Å². The van der Waals surface area contributed by atoms with Gasteiger partial charge >= 0.3 is 0 Å². The molecule has 0 saturated heterocycles. The van der Waals surface area contributed by atoms with Crippen LogP contribution in [0.15, 0.2) is 304 Å². The van der Waals surface area contributed by atoms with Gasteiger partial charge in [-0.25, -0.2) is 0 Å². The van der Waals surface area contributed by atoms with Crippen molar-refractivity contribution >= 4 is 37.9 Å². The number of nitrogens with zero attached hydrogens (tertiary/aromatic N) is 1. The third-order valence-electron chi connectivity index (χ3n) is 16.1. The summed E-state index contributed by atoms with van der Waals surface area (Å²) in [6.07, 6.45) is 48.0. The largest absolute Gasteiger partial charge is 0.344 e. The maximum Gasteiger partial charge on any atom is 0.0290 e. The second-order valence-corrected chi connectivity index (χ2v) is 22.7. The zero-order valence-corrected chi connectivity index (χ0v) is 51.6. The fraction of sp³-hybridized carbons (Fsp3) is 0.235. The first-order valence-electron chi connectivity index (χ1n) is 29.9. The Morgan fingerprint density at radius 3 is 1.82 bits per heavy atom. The van der Waals surface area contributed by atoms with E-state index in [0.717, 1.165) is 62.8 Å². The van der Waals surface area contributed by atoms with Crippen LogP contribution >= 0.6 is 0 Å². The predicted octanol–water partition coefficient (Wildman–Crippen LogP) is 20.2. The summed E-state index contributed by atoms with van der Waals surface area (Å²) in [6, 6.07) is 53.9. The molecule has 6 heteroatoms. The number of fused-ring (bicyclic) bond motifs is 6. The van der Waals surface area contributed by atoms with E-state index >= 15 is 0 Å². The fourth-order valence-corrected chi connectivity index (χ4v) is 11.4. The Morgan fingerprint density at radius 1 is 0.586 bits per heavy atom. The molecule has 0 heterocycles. The Balaban J connectivity index is 0.000000256. The molecule has 4 aliphatic rings. The van der Waals surface area contributed by atoms with Gasteiger partial charge in [-0.3, -0.25) is 0 Å². The van der Waals surface area contributed by atoms with Crippen molar-refractivity contribution < 1.29 is 0 Å². The van der Waals surface area contributed by atoms with Crippen LogP contribution in [0.2, 0.25) is 0 Å². The lowest BCUT2D eigenvalue weighted by Crippen LogP contribution is -2.27. The van der Waals surface area contributed by atoms with Crippen molar-refractivity contribution in [2.45, 2.75) is 71.8 Å². The molecule has 0 radical (unpaired) electrons. The van der Waals surface area contributed by atoms with E-state index in [1.54, 1.807) is 0 Å². The van der Waals surface area contributed by atoms with Crippen LogP contribution in [-0.2, 0) is 12.8 Å². The number of nitrogens with two attached hydrogens (primary N) is 2. The highest BCUT2D eigenvalue weighted by Gasteiger charge is 2.27. The summed E-state index contributed by atoms with van der Waals surface area (Å²) < 4.78 is 0. The summed E-state index contributed by atoms with van der Waals surface area (Å²) in [5.41, 5.74) is 23.4. The van der Waals surface area contributed by atoms with Gasteiger partial charge in [-0.05, 0) is 136 Å². The smallest absolute Gasteiger partial charge is 0.0290 e. The molecular formula is C81H100N6. The number of hydrogen-bond donors (Lipinski definition) is 5. The molecule has 0 amide bonds. The zero-order chi connectivity index (χ0) is 58.2. The molecule has 11 rings (SSSR count). The Morgan fingerprint density at radius 2 is 1.15 bits per heavy atom. The highest BCUT2D eigenvalue weighted by molar-refractivity contribution is 5.87. The lowest BCUT2D eigenvalue weighted by molar-refractivity contribution is 0.372. The second-order valence-electron chi connectivity index (χ2n) is 22.7. The van der Waals surface area contributed by atoms with Gasteiger partial charge in [0.1, 0.15) is 0 Å². The van der Waals surface area contributed by atoms with Crippen LogP contribution < -0.4 is 29.9 Å². The normalized spacial score (nSPS) is 18.3. The third kappa shape index (κ3) is 21.6. The van der Waals surface area contributed by atoms with Gasteiger partial charge in [-0.1, -0.05) is 312 Å². The Hall–Kier alpha value is -8.30. The molecule has 4 aliphatic carbocycles. The van der Waals surface area contributed by atoms with E-state index in [4.69, 9.17) is 11.5 Å². The first kappa shape index (κ1) is 71.2. The predicted molar refractivity (Wildman–Crippen MR) is 385 cm³/mol. The SMILES string of the molecule is C.C=C(/C=C\Cc1cccc2ccccc12)CN.C=C(/C=C\Cc1cccc2ccccc12)CN(C)CC/C=C\C1C=CC=CC1C.C=C(CCC1C=CC=CC1N)CC1=CC2C=CC=CC2c2ccccc21.Cc1ccc2ccccc2c1.N.N.N. The highest BCUT2D eigenvalue weighted by Crippen LogP contribution is 2.43. The summed E-state index contributed by atoms with van der Waals surface area (Å²) >= 11 is 0. The average Bonchev–Trinajstić information content (AvgIpc) is 2.27. The molecule has 6 nitrogen and oxygen atoms in total. The van der Waals surface area contributed by atoms with Gasteiger partial charge in [-0.2, -0.15) is 0 Å². The van der Waals surface area contributed by atoms with E-state index in [2.05, 4.69) is 300 Å². The molecule has 7 aromatic carbocycles. The Kier molecular flexibility index (Phi) is 30.5. The van der Waals surface area contributed by atoms with Gasteiger partial charge in [0.25, 0.3) is 0 Å². The number of hydrogen-bond acceptors (Lipinski definition) is 6. The van der Waals surface area contributed by atoms with Crippen LogP contribution in [0.4, 0.5) is 0 Å². The molecule has 7 aromatic rings. The van der Waals surface area contributed by atoms with Crippen LogP contribution in [0.5, 0.6) is 0 Å². The summed E-state index contributed by atoms with van der Waals surface area (Å²) in [5.74, 6) is 2.51. The lowest BCUT2D eigenvalue weighted by Gasteiger charge is -2.31. The molecule has 454 valence electrons. The van der Waals surface area contributed by atoms with E-state index in [1.807, 2.05) is 12.2 Å². The van der Waals surface area contributed by atoms with E-state index < -0.39 is 0 Å². The van der Waals surface area contributed by atoms with Gasteiger partial charge < -0.3 is 34.8 Å². The minimum absolute atomic E-state index is 0. The monoisotopic (exact) mass is 1160 g/mol. The Bertz CT molecular complexity index is 3620. The van der Waals surface area contributed by atoms with Crippen LogP contribution in [-0.4, -0.2) is 37.6 Å². The van der Waals surface area contributed by atoms with E-state index in [1.165, 1.54) is 71.3 Å². The van der Waals surface area contributed by atoms with Crippen LogP contribution in [0.3, 0.4) is 0 Å². The molecule has 0 bridgehead atoms. The van der Waals surface area contributed by atoms with Gasteiger partial charge in [0.15, 0.2) is 0 Å². The average molecular weight is 1160 g/mol. The highest BCUT2D eigenvalue weighted by atomic mass is 15.1. The second kappa shape index (κ2) is 37.3. The van der Waals surface area contributed by atoms with E-state index in [0.29, 0.717) is 36.1 Å². The summed E-state index contributed by atoms with van der Waals surface area (Å²) in [5, 5.41) is 7.89. The van der Waals surface area contributed by atoms with Crippen molar-refractivity contribution in [2.24, 2.45) is 35.1 Å². The molecule has 0 aromatic heterocycles. The number of benzene rings is 7. The molecular weight excluding hydrogens is 1060 g/mol. The number of likely N-dealkylation sites (N-methyl/N-ethyl adjacent to an activating group) is 1. The maximum absolute atomic E-state index is 6.19. The maximum atomic E-state index is 6.19. The van der Waals surface area contributed by atoms with Gasteiger partial charge in [0.2, 0.25) is 0 Å². The van der Waals surface area contributed by atoms with Crippen molar-refractivity contribution in [3.8, 4) is 0 Å². The van der Waals surface area contributed by atoms with Crippen LogP contribution in [0.1, 0.15) is 73.8 Å². The topological polar surface area (TPSA) is 160 Å². The lowest BCUT2D eigenvalue weighted by atomic mass is 9.73. The number of allylic oxidation sites excluding steroid dienone is 16. The molecule has 6 atom stereocenters. The molecule has 0 fully saturated rings. The fourth-order valence-electron chi connectivity index (χ4n) is 11.4. The summed E-state index contributed by atoms with van der Waals surface area (Å²) in [4.78, 5) is 2.34. The van der Waals surface area contributed by atoms with Crippen LogP contribution in [0.25, 0.3) is 37.9 Å². The van der Waals surface area contributed by atoms with Crippen LogP contribution in [0, 0.1) is 30.6 Å². The molecule has 6 unspecified atom stereocenters. The molecule has 0 saturated carbocycles. The number of rotatable bonds is 18. The summed E-state index contributed by atoms with van der Waals surface area (Å²) in [6.45, 7) is 19.3. The van der Waals surface area contributed by atoms with Gasteiger partial charge in [0, 0.05) is 43.4 Å². The van der Waals surface area contributed by atoms with Crippen molar-refractivity contribution in [3.63, 3.8) is 0 Å². The number of aryl methyl sites for hydroxylation is 1. The molecule has 13 N–H and O–H groups in total. The zero-order valence-electron chi connectivity index (χ0n) is 51.6. The minimum Gasteiger partial charge on any atom is -0.344 e. The van der Waals surface area contributed by atoms with Crippen molar-refractivity contribution in [3.05, 3.63) is 331 Å². The molecule has 0 aliphatic heterocycles. The standard InChI is InChI=1S/C28H33N.C25H27N.C16H17N.C11H10.CH4.3H3N/c1-23(12-10-17-27-19-11-18-26-16-6-7-20-28(26)27)22-29(3)21-9-8-15-25-14-5-4-13-24(25)2;1-18(14-15-19-8-3-7-13-25(19)26)16-21-17-20-9-2-4-10-22(20)24-12-6-5-11-23(21)24;1-13(12-17)6-4-8-15-10-5-9-14-7-2-3-11-16(14)15;1-9-6-7-10-4-2-3-5-11(10)8-9;;;;/h4-8,10-16,18-20,24-25H,1,9,17,21-22H2,2-3H3;2-13,17,19-20,22,25H,1,14-16,26H2;2-7,9-11H,1,8,12,17H2;2-8H,1H3;1H4;3*1H3/b12-10-,15-8-;;6-4-;;;;;. The van der Waals surface area contributed by atoms with Crippen molar-refractivity contribution in [1.29, 1.82) is 0 Å². The summed E-state index contributed by atoms with van der Waals surface area (Å²) in [7, 11) is 2.17. The minimum atomic E-state index is 0. The van der Waals surface area contributed by atoms with Gasteiger partial charge in [-0.15, -0.1) is 0 Å². The Labute approximate surface area is 523 Å². The van der Waals surface area contributed by atoms with Crippen molar-refractivity contribution in [2.75, 3.05) is 26.7 Å². The third-order valence-corrected chi connectivity index (χ3v) is 16.1. The molecule has 0 spiro atoms. The van der Waals surface area contributed by atoms with E-state index in [9.17, 15) is 0 Å². The first-order chi connectivity index (χ1) is 40.5. The first-order valence-corrected chi connectivity index (χ1v) is 29.9. The van der Waals surface area contributed by atoms with Crippen molar-refractivity contribution in [1.82, 2.24) is 23.4 Å². The van der Waals surface area contributed by atoms with Gasteiger partial charge in [0.05, 0.1) is 0 Å².